The summed E-state index contributed by atoms with van der Waals surface area (Å²) in [4.78, 5) is 40.9. The normalized spacial score (nSPS) is 17.7. The lowest BCUT2D eigenvalue weighted by Gasteiger charge is -2.23. The zero-order valence-corrected chi connectivity index (χ0v) is 16.3. The number of carbonyl (C=O) groups is 3. The molecule has 0 radical (unpaired) electrons. The molecule has 29 heavy (non-hydrogen) atoms. The summed E-state index contributed by atoms with van der Waals surface area (Å²) in [5.74, 6) is 0.484. The quantitative estimate of drug-likeness (QED) is 0.728. The number of imide groups is 1. The molecule has 1 aliphatic carbocycles. The van der Waals surface area contributed by atoms with Gasteiger partial charge in [-0.2, -0.15) is 0 Å². The average molecular weight is 395 g/mol. The third-order valence-corrected chi connectivity index (χ3v) is 5.74. The molecule has 1 saturated heterocycles. The molecule has 152 valence electrons. The van der Waals surface area contributed by atoms with E-state index in [2.05, 4.69) is 5.32 Å². The Morgan fingerprint density at radius 1 is 1.10 bits per heavy atom. The van der Waals surface area contributed by atoms with Gasteiger partial charge < -0.3 is 14.6 Å². The van der Waals surface area contributed by atoms with Crippen LogP contribution in [0.2, 0.25) is 0 Å². The van der Waals surface area contributed by atoms with Gasteiger partial charge in [-0.3, -0.25) is 14.5 Å². The molecular formula is C22H25N3O4. The van der Waals surface area contributed by atoms with E-state index in [1.165, 1.54) is 4.90 Å². The van der Waals surface area contributed by atoms with Gasteiger partial charge in [-0.05, 0) is 43.5 Å². The highest BCUT2D eigenvalue weighted by Crippen LogP contribution is 2.35. The van der Waals surface area contributed by atoms with Gasteiger partial charge in [0.1, 0.15) is 11.3 Å². The molecule has 1 saturated carbocycles. The molecule has 1 aliphatic heterocycles. The summed E-state index contributed by atoms with van der Waals surface area (Å²) in [5, 5.41) is 2.88. The lowest BCUT2D eigenvalue weighted by atomic mass is 9.98. The third kappa shape index (κ3) is 3.90. The van der Waals surface area contributed by atoms with Crippen LogP contribution in [0.4, 0.5) is 10.5 Å². The zero-order valence-electron chi connectivity index (χ0n) is 16.3. The Hall–Kier alpha value is -3.09. The molecule has 7 nitrogen and oxygen atoms in total. The molecule has 2 aliphatic rings. The topological polar surface area (TPSA) is 82.9 Å². The summed E-state index contributed by atoms with van der Waals surface area (Å²) >= 11 is 0. The van der Waals surface area contributed by atoms with Crippen LogP contribution >= 0.6 is 0 Å². The van der Waals surface area contributed by atoms with Gasteiger partial charge in [-0.15, -0.1) is 0 Å². The first-order valence-electron chi connectivity index (χ1n) is 10.1. The Bertz CT molecular complexity index is 873. The highest BCUT2D eigenvalue weighted by molar-refractivity contribution is 6.07. The van der Waals surface area contributed by atoms with Crippen molar-refractivity contribution in [2.24, 2.45) is 0 Å². The number of rotatable bonds is 7. The van der Waals surface area contributed by atoms with Crippen molar-refractivity contribution in [3.63, 3.8) is 0 Å². The summed E-state index contributed by atoms with van der Waals surface area (Å²) in [6.07, 6.45) is 5.57. The van der Waals surface area contributed by atoms with Gasteiger partial charge in [0, 0.05) is 18.7 Å². The lowest BCUT2D eigenvalue weighted by Crippen LogP contribution is -2.44. The van der Waals surface area contributed by atoms with Gasteiger partial charge in [-0.1, -0.05) is 31.0 Å². The first-order valence-corrected chi connectivity index (χ1v) is 10.1. The maximum absolute atomic E-state index is 12.9. The second-order valence-electron chi connectivity index (χ2n) is 7.67. The summed E-state index contributed by atoms with van der Waals surface area (Å²) < 4.78 is 5.40. The third-order valence-electron chi connectivity index (χ3n) is 5.74. The van der Waals surface area contributed by atoms with Crippen molar-refractivity contribution >= 4 is 23.5 Å². The van der Waals surface area contributed by atoms with Crippen LogP contribution in [0.15, 0.2) is 53.1 Å². The molecular weight excluding hydrogens is 370 g/mol. The molecule has 4 rings (SSSR count). The molecule has 0 unspecified atom stereocenters. The molecule has 1 N–H and O–H groups in total. The number of hydrogen-bond donors (Lipinski definition) is 1. The minimum atomic E-state index is -0.698. The fourth-order valence-electron chi connectivity index (χ4n) is 4.21. The fourth-order valence-corrected chi connectivity index (χ4v) is 4.21. The van der Waals surface area contributed by atoms with Crippen LogP contribution in [0.3, 0.4) is 0 Å². The van der Waals surface area contributed by atoms with Crippen molar-refractivity contribution in [2.45, 2.75) is 50.6 Å². The molecule has 1 aromatic heterocycles. The number of urea groups is 1. The summed E-state index contributed by atoms with van der Waals surface area (Å²) in [5.41, 5.74) is 0.0880. The molecule has 2 aromatic rings. The Kier molecular flexibility index (Phi) is 5.38. The number of carbonyl (C=O) groups excluding carboxylic acids is 3. The number of para-hydroxylation sites is 1. The van der Waals surface area contributed by atoms with Gasteiger partial charge in [0.25, 0.3) is 5.91 Å². The molecule has 7 heteroatoms. The molecule has 0 bridgehead atoms. The van der Waals surface area contributed by atoms with Crippen molar-refractivity contribution < 1.29 is 18.8 Å². The minimum absolute atomic E-state index is 0.0739. The van der Waals surface area contributed by atoms with Gasteiger partial charge in [0.2, 0.25) is 5.91 Å². The fraction of sp³-hybridized carbons (Fsp3) is 0.409. The van der Waals surface area contributed by atoms with Gasteiger partial charge in [0.15, 0.2) is 0 Å². The summed E-state index contributed by atoms with van der Waals surface area (Å²) in [6.45, 7) is 0.587. The maximum Gasteiger partial charge on any atom is 0.325 e. The molecule has 2 fully saturated rings. The SMILES string of the molecule is O=C1NC2(CCCC2)C(=O)N1CCCC(=O)N(Cc1ccco1)c1ccccc1. The van der Waals surface area contributed by atoms with E-state index >= 15 is 0 Å². The average Bonchev–Trinajstić information content (AvgIpc) is 3.46. The van der Waals surface area contributed by atoms with Crippen LogP contribution < -0.4 is 10.2 Å². The van der Waals surface area contributed by atoms with Crippen LogP contribution in [0.5, 0.6) is 0 Å². The molecule has 1 spiro atoms. The first kappa shape index (κ1) is 19.2. The number of amides is 4. The van der Waals surface area contributed by atoms with E-state index in [1.807, 2.05) is 36.4 Å². The standard InChI is InChI=1S/C22H25N3O4/c26-19(25(16-18-10-7-15-29-18)17-8-2-1-3-9-17)11-6-14-24-20(27)22(23-21(24)28)12-4-5-13-22/h1-3,7-10,15H,4-6,11-14,16H2,(H,23,28). The van der Waals surface area contributed by atoms with Gasteiger partial charge in [0.05, 0.1) is 12.8 Å². The predicted molar refractivity (Wildman–Crippen MR) is 107 cm³/mol. The number of hydrogen-bond acceptors (Lipinski definition) is 4. The second kappa shape index (κ2) is 8.11. The van der Waals surface area contributed by atoms with Crippen LogP contribution in [-0.2, 0) is 16.1 Å². The largest absolute Gasteiger partial charge is 0.467 e. The molecule has 4 amide bonds. The van der Waals surface area contributed by atoms with E-state index in [0.717, 1.165) is 18.5 Å². The van der Waals surface area contributed by atoms with Crippen molar-refractivity contribution in [3.8, 4) is 0 Å². The van der Waals surface area contributed by atoms with Crippen molar-refractivity contribution in [1.82, 2.24) is 10.2 Å². The number of furan rings is 1. The van der Waals surface area contributed by atoms with Crippen LogP contribution in [0, 0.1) is 0 Å². The van der Waals surface area contributed by atoms with E-state index in [0.29, 0.717) is 31.6 Å². The van der Waals surface area contributed by atoms with E-state index in [-0.39, 0.29) is 30.8 Å². The molecule has 1 aromatic carbocycles. The summed E-state index contributed by atoms with van der Waals surface area (Å²) in [7, 11) is 0. The zero-order chi connectivity index (χ0) is 20.3. The Labute approximate surface area is 169 Å². The lowest BCUT2D eigenvalue weighted by molar-refractivity contribution is -0.131. The van der Waals surface area contributed by atoms with E-state index in [4.69, 9.17) is 4.42 Å². The van der Waals surface area contributed by atoms with E-state index in [9.17, 15) is 14.4 Å². The Morgan fingerprint density at radius 2 is 1.86 bits per heavy atom. The number of benzene rings is 1. The second-order valence-corrected chi connectivity index (χ2v) is 7.67. The predicted octanol–water partition coefficient (Wildman–Crippen LogP) is 3.46. The molecule has 0 atom stereocenters. The number of nitrogens with one attached hydrogen (secondary N) is 1. The van der Waals surface area contributed by atoms with Gasteiger partial charge in [-0.25, -0.2) is 4.79 Å². The number of anilines is 1. The first-order chi connectivity index (χ1) is 14.1. The highest BCUT2D eigenvalue weighted by atomic mass is 16.3. The van der Waals surface area contributed by atoms with E-state index < -0.39 is 5.54 Å². The van der Waals surface area contributed by atoms with Crippen molar-refractivity contribution in [1.29, 1.82) is 0 Å². The monoisotopic (exact) mass is 395 g/mol. The summed E-state index contributed by atoms with van der Waals surface area (Å²) in [6, 6.07) is 12.7. The number of nitrogens with zero attached hydrogens (tertiary/aromatic N) is 2. The smallest absolute Gasteiger partial charge is 0.325 e. The van der Waals surface area contributed by atoms with Gasteiger partial charge >= 0.3 is 6.03 Å². The maximum atomic E-state index is 12.9. The van der Waals surface area contributed by atoms with Crippen LogP contribution in [0.25, 0.3) is 0 Å². The molecule has 2 heterocycles. The Morgan fingerprint density at radius 3 is 2.55 bits per heavy atom. The highest BCUT2D eigenvalue weighted by Gasteiger charge is 2.52. The van der Waals surface area contributed by atoms with Crippen LogP contribution in [-0.4, -0.2) is 34.8 Å². The van der Waals surface area contributed by atoms with Crippen molar-refractivity contribution in [2.75, 3.05) is 11.4 Å². The van der Waals surface area contributed by atoms with E-state index in [1.54, 1.807) is 17.2 Å². The Balaban J connectivity index is 1.38. The van der Waals surface area contributed by atoms with Crippen LogP contribution in [0.1, 0.15) is 44.3 Å². The van der Waals surface area contributed by atoms with Crippen molar-refractivity contribution in [3.05, 3.63) is 54.5 Å². The minimum Gasteiger partial charge on any atom is -0.467 e.